The van der Waals surface area contributed by atoms with Crippen LogP contribution in [-0.4, -0.2) is 44.1 Å². The first-order chi connectivity index (χ1) is 15.5. The Balaban J connectivity index is 1.43. The second-order valence-electron chi connectivity index (χ2n) is 8.01. The van der Waals surface area contributed by atoms with E-state index >= 15 is 0 Å². The maximum Gasteiger partial charge on any atom is 0.254 e. The maximum absolute atomic E-state index is 13.8. The van der Waals surface area contributed by atoms with Gasteiger partial charge in [0.2, 0.25) is 0 Å². The van der Waals surface area contributed by atoms with E-state index in [-0.39, 0.29) is 24.4 Å². The number of nitrogens with zero attached hydrogens (tertiary/aromatic N) is 4. The van der Waals surface area contributed by atoms with Gasteiger partial charge < -0.3 is 14.8 Å². The summed E-state index contributed by atoms with van der Waals surface area (Å²) < 4.78 is 20.8. The minimum Gasteiger partial charge on any atom is -0.490 e. The van der Waals surface area contributed by atoms with Crippen LogP contribution >= 0.6 is 0 Å². The Hall–Kier alpha value is -3.94. The maximum atomic E-state index is 13.8. The molecule has 0 radical (unpaired) electrons. The number of rotatable bonds is 6. The average molecular weight is 432 g/mol. The number of carbonyl (C=O) groups is 1. The number of fused-ring (bicyclic) bond motifs is 1. The summed E-state index contributed by atoms with van der Waals surface area (Å²) in [4.78, 5) is 14.7. The Bertz CT molecular complexity index is 1270. The minimum atomic E-state index is -0.328. The molecule has 5 rings (SSSR count). The molecule has 0 spiro atoms. The number of pyridine rings is 1. The number of benzene rings is 2. The van der Waals surface area contributed by atoms with Gasteiger partial charge in [-0.3, -0.25) is 4.79 Å². The van der Waals surface area contributed by atoms with Gasteiger partial charge in [0.25, 0.3) is 5.91 Å². The van der Waals surface area contributed by atoms with Gasteiger partial charge in [-0.1, -0.05) is 12.1 Å². The third kappa shape index (κ3) is 3.99. The van der Waals surface area contributed by atoms with Crippen molar-refractivity contribution in [2.75, 3.05) is 7.05 Å². The van der Waals surface area contributed by atoms with Crippen LogP contribution in [0.2, 0.25) is 0 Å². The van der Waals surface area contributed by atoms with E-state index < -0.39 is 0 Å². The monoisotopic (exact) mass is 432 g/mol. The molecule has 7 nitrogen and oxygen atoms in total. The molecule has 2 aromatic rings. The molecule has 0 atom stereocenters. The van der Waals surface area contributed by atoms with Crippen molar-refractivity contribution >= 4 is 5.91 Å². The van der Waals surface area contributed by atoms with Crippen molar-refractivity contribution in [3.05, 3.63) is 78.0 Å². The summed E-state index contributed by atoms with van der Waals surface area (Å²) in [6.07, 6.45) is 6.63. The minimum absolute atomic E-state index is 0.124. The summed E-state index contributed by atoms with van der Waals surface area (Å²) in [6.45, 7) is 0.236. The second kappa shape index (κ2) is 7.96. The summed E-state index contributed by atoms with van der Waals surface area (Å²) in [6, 6.07) is 11.5. The van der Waals surface area contributed by atoms with Crippen LogP contribution in [-0.2, 0) is 6.54 Å². The number of carbonyl (C=O) groups excluding carboxylic acids is 1. The first kappa shape index (κ1) is 20.0. The lowest BCUT2D eigenvalue weighted by Gasteiger charge is -2.20. The molecule has 162 valence electrons. The molecular weight excluding hydrogens is 411 g/mol. The van der Waals surface area contributed by atoms with E-state index in [1.54, 1.807) is 42.4 Å². The molecule has 1 saturated carbocycles. The van der Waals surface area contributed by atoms with Gasteiger partial charge in [-0.05, 0) is 48.7 Å². The first-order valence-electron chi connectivity index (χ1n) is 10.3. The molecule has 2 aromatic carbocycles. The normalized spacial score (nSPS) is 13.3. The lowest BCUT2D eigenvalue weighted by atomic mass is 10.0. The largest absolute Gasteiger partial charge is 0.490 e. The number of hydrogen-bond acceptors (Lipinski definition) is 5. The van der Waals surface area contributed by atoms with Crippen LogP contribution in [0.15, 0.2) is 61.1 Å². The zero-order chi connectivity index (χ0) is 22.2. The van der Waals surface area contributed by atoms with E-state index in [1.165, 1.54) is 24.5 Å². The number of halogens is 1. The number of amides is 1. The third-order valence-corrected chi connectivity index (χ3v) is 5.43. The van der Waals surface area contributed by atoms with Crippen molar-refractivity contribution in [1.82, 2.24) is 19.8 Å². The fourth-order valence-corrected chi connectivity index (χ4v) is 3.69. The fraction of sp³-hybridized carbons (Fsp3) is 0.208. The SMILES string of the molecule is CN(Cc1cn(O)cc2cnnc1-2)C(=O)c1ccc(-c2cccc(F)c2)c(OC2CC2)c1. The van der Waals surface area contributed by atoms with Crippen LogP contribution in [0.5, 0.6) is 5.75 Å². The van der Waals surface area contributed by atoms with Crippen LogP contribution in [0.4, 0.5) is 4.39 Å². The number of aromatic nitrogens is 3. The molecule has 8 heteroatoms. The topological polar surface area (TPSA) is 80.5 Å². The molecule has 0 saturated heterocycles. The molecule has 0 bridgehead atoms. The zero-order valence-corrected chi connectivity index (χ0v) is 17.4. The Kier molecular flexibility index (Phi) is 4.97. The number of ether oxygens (including phenoxy) is 1. The van der Waals surface area contributed by atoms with Crippen LogP contribution < -0.4 is 4.74 Å². The van der Waals surface area contributed by atoms with E-state index in [2.05, 4.69) is 10.2 Å². The van der Waals surface area contributed by atoms with Gasteiger partial charge in [0.05, 0.1) is 24.7 Å². The summed E-state index contributed by atoms with van der Waals surface area (Å²) in [5.41, 5.74) is 3.89. The van der Waals surface area contributed by atoms with Crippen molar-refractivity contribution in [1.29, 1.82) is 0 Å². The molecule has 32 heavy (non-hydrogen) atoms. The Labute approximate surface area is 184 Å². The van der Waals surface area contributed by atoms with Gasteiger partial charge in [-0.2, -0.15) is 5.10 Å². The summed E-state index contributed by atoms with van der Waals surface area (Å²) in [5, 5.41) is 17.9. The smallest absolute Gasteiger partial charge is 0.254 e. The highest BCUT2D eigenvalue weighted by Gasteiger charge is 2.26. The predicted molar refractivity (Wildman–Crippen MR) is 115 cm³/mol. The van der Waals surface area contributed by atoms with E-state index in [0.29, 0.717) is 33.7 Å². The molecule has 0 aromatic heterocycles. The van der Waals surface area contributed by atoms with Gasteiger partial charge in [-0.15, -0.1) is 5.10 Å². The lowest BCUT2D eigenvalue weighted by Crippen LogP contribution is -2.27. The standard InChI is InChI=1S/C24H21FN4O3/c1-28(12-18-14-29(31)13-17-11-26-27-23(17)18)24(30)16-5-8-21(15-3-2-4-19(25)9-15)22(10-16)32-20-6-7-20/h2-5,8-11,13-14,20,31H,6-7,12H2,1H3. The molecular formula is C24H21FN4O3. The average Bonchev–Trinajstić information content (AvgIpc) is 3.46. The van der Waals surface area contributed by atoms with Crippen LogP contribution in [0.25, 0.3) is 22.4 Å². The van der Waals surface area contributed by atoms with Gasteiger partial charge in [-0.25, -0.2) is 9.12 Å². The highest BCUT2D eigenvalue weighted by atomic mass is 19.1. The second-order valence-corrected chi connectivity index (χ2v) is 8.01. The van der Waals surface area contributed by atoms with Crippen molar-refractivity contribution in [3.8, 4) is 28.1 Å². The molecule has 1 fully saturated rings. The van der Waals surface area contributed by atoms with Gasteiger partial charge in [0, 0.05) is 35.8 Å². The fourth-order valence-electron chi connectivity index (χ4n) is 3.69. The van der Waals surface area contributed by atoms with Gasteiger partial charge >= 0.3 is 0 Å². The molecule has 1 N–H and O–H groups in total. The van der Waals surface area contributed by atoms with Crippen molar-refractivity contribution in [3.63, 3.8) is 0 Å². The summed E-state index contributed by atoms with van der Waals surface area (Å²) >= 11 is 0. The molecule has 1 aliphatic carbocycles. The van der Waals surface area contributed by atoms with Crippen molar-refractivity contribution in [2.45, 2.75) is 25.5 Å². The van der Waals surface area contributed by atoms with E-state index in [1.807, 2.05) is 6.07 Å². The van der Waals surface area contributed by atoms with Crippen molar-refractivity contribution in [2.24, 2.45) is 0 Å². The zero-order valence-electron chi connectivity index (χ0n) is 17.4. The Morgan fingerprint density at radius 3 is 2.84 bits per heavy atom. The van der Waals surface area contributed by atoms with E-state index in [9.17, 15) is 14.4 Å². The van der Waals surface area contributed by atoms with Gasteiger partial charge in [0.15, 0.2) is 0 Å². The van der Waals surface area contributed by atoms with Crippen LogP contribution in [0, 0.1) is 5.82 Å². The number of hydrogen-bond donors (Lipinski definition) is 1. The van der Waals surface area contributed by atoms with E-state index in [0.717, 1.165) is 23.1 Å². The highest BCUT2D eigenvalue weighted by molar-refractivity contribution is 5.95. The first-order valence-corrected chi connectivity index (χ1v) is 10.3. The molecule has 2 aliphatic heterocycles. The Morgan fingerprint density at radius 1 is 1.22 bits per heavy atom. The summed E-state index contributed by atoms with van der Waals surface area (Å²) in [7, 11) is 1.68. The summed E-state index contributed by atoms with van der Waals surface area (Å²) in [5.74, 6) is 0.0256. The van der Waals surface area contributed by atoms with Crippen LogP contribution in [0.3, 0.4) is 0 Å². The molecule has 0 unspecified atom stereocenters. The molecule has 1 amide bonds. The van der Waals surface area contributed by atoms with E-state index in [4.69, 9.17) is 4.74 Å². The molecule has 2 heterocycles. The van der Waals surface area contributed by atoms with Crippen molar-refractivity contribution < 1.29 is 19.1 Å². The third-order valence-electron chi connectivity index (χ3n) is 5.43. The predicted octanol–water partition coefficient (Wildman–Crippen LogP) is 4.24. The quantitative estimate of drug-likeness (QED) is 0.461. The van der Waals surface area contributed by atoms with Gasteiger partial charge in [0.1, 0.15) is 17.3 Å². The lowest BCUT2D eigenvalue weighted by molar-refractivity contribution is 0.0783. The highest BCUT2D eigenvalue weighted by Crippen LogP contribution is 2.36. The Morgan fingerprint density at radius 2 is 2.06 bits per heavy atom. The molecule has 3 aliphatic rings. The van der Waals surface area contributed by atoms with Crippen LogP contribution in [0.1, 0.15) is 28.8 Å².